The molecule has 0 saturated carbocycles. The summed E-state index contributed by atoms with van der Waals surface area (Å²) in [7, 11) is 0. The molecule has 0 aromatic heterocycles. The minimum atomic E-state index is -1.20. The summed E-state index contributed by atoms with van der Waals surface area (Å²) in [6, 6.07) is 0. The Hall–Kier alpha value is -1.89. The normalized spacial score (nSPS) is 15.6. The largest absolute Gasteiger partial charge is 0.550 e. The van der Waals surface area contributed by atoms with Crippen LogP contribution in [-0.2, 0) is 14.4 Å². The van der Waals surface area contributed by atoms with Gasteiger partial charge in [0.1, 0.15) is 11.8 Å². The Balaban J connectivity index is 4.44. The zero-order valence-corrected chi connectivity index (χ0v) is 25.5. The second kappa shape index (κ2) is 22.9. The molecule has 228 valence electrons. The van der Waals surface area contributed by atoms with Crippen LogP contribution in [0.3, 0.4) is 0 Å². The van der Waals surface area contributed by atoms with Crippen molar-refractivity contribution < 1.29 is 34.2 Å². The van der Waals surface area contributed by atoms with Crippen molar-refractivity contribution in [2.75, 3.05) is 26.2 Å². The van der Waals surface area contributed by atoms with Gasteiger partial charge in [0.2, 0.25) is 0 Å². The Morgan fingerprint density at radius 2 is 0.974 bits per heavy atom. The molecule has 7 nitrogen and oxygen atoms in total. The first kappa shape index (κ1) is 37.1. The molecule has 0 aromatic rings. The van der Waals surface area contributed by atoms with Crippen molar-refractivity contribution in [3.8, 4) is 0 Å². The standard InChI is InChI=1S/C32H59NO6/c1-5-6-7-8-9-10-11-12-13-14-15-16-17-18-19-20-21-22-23-33(24-27(2)30(34)35,25-28(3)31(36)37)26-29(4)32(38)39/h21-22,27-29H,5-20,23-26H2,1-4H3,(H2-,34,35,36,37,38,39)/b22-21+. The van der Waals surface area contributed by atoms with E-state index in [0.29, 0.717) is 6.54 Å². The summed E-state index contributed by atoms with van der Waals surface area (Å²) in [5.74, 6) is -5.39. The molecule has 0 amide bonds. The predicted molar refractivity (Wildman–Crippen MR) is 156 cm³/mol. The van der Waals surface area contributed by atoms with E-state index in [1.165, 1.54) is 89.9 Å². The molecule has 0 radical (unpaired) electrons. The predicted octanol–water partition coefficient (Wildman–Crippen LogP) is 6.45. The minimum absolute atomic E-state index is 0.103. The van der Waals surface area contributed by atoms with Crippen LogP contribution in [0.5, 0.6) is 0 Å². The highest BCUT2D eigenvalue weighted by atomic mass is 16.4. The van der Waals surface area contributed by atoms with E-state index in [2.05, 4.69) is 13.0 Å². The Morgan fingerprint density at radius 1 is 0.615 bits per heavy atom. The molecule has 2 N–H and O–H groups in total. The number of carboxylic acid groups (broad SMARTS) is 3. The number of rotatable bonds is 27. The summed E-state index contributed by atoms with van der Waals surface area (Å²) < 4.78 is 0.103. The van der Waals surface area contributed by atoms with Gasteiger partial charge in [0.25, 0.3) is 0 Å². The number of nitrogens with zero attached hydrogens (tertiary/aromatic N) is 1. The number of aliphatic carboxylic acids is 3. The molecule has 7 heteroatoms. The number of quaternary nitrogens is 1. The van der Waals surface area contributed by atoms with Crippen molar-refractivity contribution in [1.82, 2.24) is 0 Å². The highest BCUT2D eigenvalue weighted by molar-refractivity contribution is 5.70. The van der Waals surface area contributed by atoms with Crippen LogP contribution in [0.4, 0.5) is 0 Å². The zero-order valence-electron chi connectivity index (χ0n) is 25.5. The van der Waals surface area contributed by atoms with Crippen LogP contribution < -0.4 is 5.11 Å². The topological polar surface area (TPSA) is 115 Å². The van der Waals surface area contributed by atoms with Crippen molar-refractivity contribution in [2.24, 2.45) is 17.8 Å². The summed E-state index contributed by atoms with van der Waals surface area (Å²) >= 11 is 0. The van der Waals surface area contributed by atoms with Crippen LogP contribution in [0.25, 0.3) is 0 Å². The monoisotopic (exact) mass is 553 g/mol. The van der Waals surface area contributed by atoms with Gasteiger partial charge in [0.15, 0.2) is 0 Å². The van der Waals surface area contributed by atoms with Crippen LogP contribution in [0.2, 0.25) is 0 Å². The van der Waals surface area contributed by atoms with E-state index in [9.17, 15) is 29.7 Å². The SMILES string of the molecule is CCCCCCCCCCCCCCCCC/C=C/C[N+](CC(C)C(=O)[O-])(CC(C)C(=O)O)CC(C)C(=O)O. The first-order chi connectivity index (χ1) is 18.5. The lowest BCUT2D eigenvalue weighted by atomic mass is 10.0. The van der Waals surface area contributed by atoms with E-state index >= 15 is 0 Å². The van der Waals surface area contributed by atoms with Crippen LogP contribution in [0.15, 0.2) is 12.2 Å². The molecule has 0 rings (SSSR count). The summed E-state index contributed by atoms with van der Waals surface area (Å²) in [6.45, 7) is 7.87. The molecule has 0 aromatic carbocycles. The van der Waals surface area contributed by atoms with Gasteiger partial charge in [-0.05, 0) is 32.8 Å². The summed E-state index contributed by atoms with van der Waals surface area (Å²) in [4.78, 5) is 34.7. The van der Waals surface area contributed by atoms with Crippen LogP contribution in [0.1, 0.15) is 130 Å². The number of allylic oxidation sites excluding steroid dienone is 1. The zero-order chi connectivity index (χ0) is 29.5. The number of hydrogen-bond acceptors (Lipinski definition) is 4. The Bertz CT molecular complexity index is 637. The fraction of sp³-hybridized carbons (Fsp3) is 0.844. The highest BCUT2D eigenvalue weighted by Gasteiger charge is 2.36. The van der Waals surface area contributed by atoms with Crippen molar-refractivity contribution in [2.45, 2.75) is 130 Å². The first-order valence-corrected chi connectivity index (χ1v) is 15.7. The van der Waals surface area contributed by atoms with E-state index in [4.69, 9.17) is 0 Å². The maximum absolute atomic E-state index is 11.6. The maximum Gasteiger partial charge on any atom is 0.311 e. The van der Waals surface area contributed by atoms with Crippen molar-refractivity contribution >= 4 is 17.9 Å². The molecule has 0 aliphatic rings. The second-order valence-electron chi connectivity index (χ2n) is 12.0. The van der Waals surface area contributed by atoms with E-state index < -0.39 is 35.7 Å². The average Bonchev–Trinajstić information content (AvgIpc) is 2.87. The van der Waals surface area contributed by atoms with Gasteiger partial charge >= 0.3 is 11.9 Å². The fourth-order valence-electron chi connectivity index (χ4n) is 5.47. The first-order valence-electron chi connectivity index (χ1n) is 15.7. The van der Waals surface area contributed by atoms with Gasteiger partial charge in [0, 0.05) is 11.9 Å². The van der Waals surface area contributed by atoms with Gasteiger partial charge in [0.05, 0.1) is 26.2 Å². The van der Waals surface area contributed by atoms with Crippen molar-refractivity contribution in [3.63, 3.8) is 0 Å². The minimum Gasteiger partial charge on any atom is -0.550 e. The number of carboxylic acids is 3. The lowest BCUT2D eigenvalue weighted by Crippen LogP contribution is -2.58. The van der Waals surface area contributed by atoms with E-state index in [1.807, 2.05) is 6.08 Å². The van der Waals surface area contributed by atoms with Gasteiger partial charge in [-0.3, -0.25) is 9.59 Å². The maximum atomic E-state index is 11.6. The lowest BCUT2D eigenvalue weighted by Gasteiger charge is -2.42. The Kier molecular flexibility index (Phi) is 21.8. The number of carbonyl (C=O) groups is 3. The number of unbranched alkanes of at least 4 members (excludes halogenated alkanes) is 15. The lowest BCUT2D eigenvalue weighted by molar-refractivity contribution is -0.929. The van der Waals surface area contributed by atoms with Crippen molar-refractivity contribution in [1.29, 1.82) is 0 Å². The van der Waals surface area contributed by atoms with E-state index in [0.717, 1.165) is 12.8 Å². The molecule has 39 heavy (non-hydrogen) atoms. The molecule has 0 aliphatic carbocycles. The quantitative estimate of drug-likeness (QED) is 0.0686. The van der Waals surface area contributed by atoms with Crippen LogP contribution >= 0.6 is 0 Å². The molecule has 3 atom stereocenters. The van der Waals surface area contributed by atoms with Gasteiger partial charge in [-0.2, -0.15) is 0 Å². The third kappa shape index (κ3) is 19.8. The average molecular weight is 554 g/mol. The Labute approximate surface area is 238 Å². The van der Waals surface area contributed by atoms with Crippen molar-refractivity contribution in [3.05, 3.63) is 12.2 Å². The van der Waals surface area contributed by atoms with Gasteiger partial charge < -0.3 is 24.6 Å². The van der Waals surface area contributed by atoms with Crippen LogP contribution in [0, 0.1) is 17.8 Å². The third-order valence-electron chi connectivity index (χ3n) is 7.86. The number of hydrogen-bond donors (Lipinski definition) is 2. The van der Waals surface area contributed by atoms with E-state index in [-0.39, 0.29) is 24.1 Å². The molecular formula is C32H59NO6. The molecule has 0 heterocycles. The molecule has 0 fully saturated rings. The number of carbonyl (C=O) groups excluding carboxylic acids is 1. The highest BCUT2D eigenvalue weighted by Crippen LogP contribution is 2.20. The molecule has 0 spiro atoms. The van der Waals surface area contributed by atoms with Crippen LogP contribution in [-0.4, -0.2) is 58.8 Å². The molecule has 3 unspecified atom stereocenters. The summed E-state index contributed by atoms with van der Waals surface area (Å²) in [5.41, 5.74) is 0. The smallest absolute Gasteiger partial charge is 0.311 e. The molecular weight excluding hydrogens is 494 g/mol. The van der Waals surface area contributed by atoms with E-state index in [1.54, 1.807) is 20.8 Å². The molecule has 0 aliphatic heterocycles. The third-order valence-corrected chi connectivity index (χ3v) is 7.86. The summed E-state index contributed by atoms with van der Waals surface area (Å²) in [6.07, 6.45) is 24.8. The molecule has 0 saturated heterocycles. The van der Waals surface area contributed by atoms with Gasteiger partial charge in [-0.1, -0.05) is 110 Å². The summed E-state index contributed by atoms with van der Waals surface area (Å²) in [5, 5.41) is 30.5. The second-order valence-corrected chi connectivity index (χ2v) is 12.0. The molecule has 0 bridgehead atoms. The van der Waals surface area contributed by atoms with Gasteiger partial charge in [-0.15, -0.1) is 0 Å². The fourth-order valence-corrected chi connectivity index (χ4v) is 5.47. The Morgan fingerprint density at radius 3 is 1.33 bits per heavy atom. The van der Waals surface area contributed by atoms with Gasteiger partial charge in [-0.25, -0.2) is 0 Å².